The van der Waals surface area contributed by atoms with Gasteiger partial charge < -0.3 is 14.8 Å². The van der Waals surface area contributed by atoms with E-state index < -0.39 is 6.10 Å². The predicted octanol–water partition coefficient (Wildman–Crippen LogP) is 4.44. The van der Waals surface area contributed by atoms with E-state index in [0.29, 0.717) is 11.5 Å². The fourth-order valence-electron chi connectivity index (χ4n) is 2.34. The molecule has 24 heavy (non-hydrogen) atoms. The number of para-hydroxylation sites is 2. The zero-order chi connectivity index (χ0) is 17.4. The van der Waals surface area contributed by atoms with Crippen LogP contribution in [0.25, 0.3) is 0 Å². The Balaban J connectivity index is 1.93. The predicted molar refractivity (Wildman–Crippen MR) is 96.8 cm³/mol. The quantitative estimate of drug-likeness (QED) is 0.779. The molecule has 0 saturated heterocycles. The molecule has 0 saturated carbocycles. The minimum Gasteiger partial charge on any atom is -0.493 e. The van der Waals surface area contributed by atoms with Crippen molar-refractivity contribution in [2.24, 2.45) is 0 Å². The zero-order valence-corrected chi connectivity index (χ0v) is 14.5. The number of carbonyl (C=O) groups excluding carboxylic acids is 1. The van der Waals surface area contributed by atoms with Gasteiger partial charge >= 0.3 is 0 Å². The number of ether oxygens (including phenoxy) is 2. The summed E-state index contributed by atoms with van der Waals surface area (Å²) < 4.78 is 10.9. The third-order valence-electron chi connectivity index (χ3n) is 3.78. The summed E-state index contributed by atoms with van der Waals surface area (Å²) in [4.78, 5) is 12.3. The molecule has 0 bridgehead atoms. The van der Waals surface area contributed by atoms with Crippen LogP contribution in [-0.2, 0) is 11.2 Å². The molecule has 0 fully saturated rings. The van der Waals surface area contributed by atoms with E-state index in [-0.39, 0.29) is 5.91 Å². The maximum atomic E-state index is 12.3. The van der Waals surface area contributed by atoms with Crippen LogP contribution in [0.1, 0.15) is 32.3 Å². The van der Waals surface area contributed by atoms with Crippen LogP contribution in [0.15, 0.2) is 48.5 Å². The lowest BCUT2D eigenvalue weighted by Crippen LogP contribution is -2.30. The Labute approximate surface area is 143 Å². The normalized spacial score (nSPS) is 11.6. The van der Waals surface area contributed by atoms with Crippen molar-refractivity contribution in [1.29, 1.82) is 0 Å². The second-order valence-corrected chi connectivity index (χ2v) is 5.70. The molecule has 0 aliphatic heterocycles. The average molecular weight is 327 g/mol. The summed E-state index contributed by atoms with van der Waals surface area (Å²) in [5.41, 5.74) is 2.06. The first-order valence-corrected chi connectivity index (χ1v) is 8.33. The number of nitrogens with one attached hydrogen (secondary N) is 1. The number of unbranched alkanes of at least 4 members (excludes halogenated alkanes) is 1. The summed E-state index contributed by atoms with van der Waals surface area (Å²) >= 11 is 0. The van der Waals surface area contributed by atoms with Gasteiger partial charge in [-0.1, -0.05) is 37.6 Å². The van der Waals surface area contributed by atoms with Crippen LogP contribution in [0.5, 0.6) is 11.5 Å². The average Bonchev–Trinajstić information content (AvgIpc) is 2.61. The van der Waals surface area contributed by atoms with E-state index in [1.807, 2.05) is 24.3 Å². The molecule has 2 aromatic rings. The fraction of sp³-hybridized carbons (Fsp3) is 0.350. The van der Waals surface area contributed by atoms with Crippen LogP contribution in [0, 0.1) is 0 Å². The number of hydrogen-bond acceptors (Lipinski definition) is 3. The topological polar surface area (TPSA) is 47.6 Å². The van der Waals surface area contributed by atoms with Gasteiger partial charge in [0, 0.05) is 5.69 Å². The molecule has 4 heteroatoms. The number of hydrogen-bond donors (Lipinski definition) is 1. The first-order chi connectivity index (χ1) is 11.6. The van der Waals surface area contributed by atoms with Gasteiger partial charge in [-0.05, 0) is 49.6 Å². The molecule has 0 aromatic heterocycles. The van der Waals surface area contributed by atoms with E-state index in [9.17, 15) is 4.79 Å². The van der Waals surface area contributed by atoms with Crippen LogP contribution in [-0.4, -0.2) is 19.1 Å². The summed E-state index contributed by atoms with van der Waals surface area (Å²) in [5, 5.41) is 2.88. The van der Waals surface area contributed by atoms with Gasteiger partial charge in [-0.3, -0.25) is 4.79 Å². The lowest BCUT2D eigenvalue weighted by atomic mass is 10.1. The number of anilines is 1. The smallest absolute Gasteiger partial charge is 0.265 e. The number of benzene rings is 2. The minimum absolute atomic E-state index is 0.192. The van der Waals surface area contributed by atoms with Crippen molar-refractivity contribution in [2.45, 2.75) is 39.2 Å². The molecule has 2 rings (SSSR count). The summed E-state index contributed by atoms with van der Waals surface area (Å²) in [5.74, 6) is 0.970. The van der Waals surface area contributed by atoms with Gasteiger partial charge in [0.1, 0.15) is 0 Å². The van der Waals surface area contributed by atoms with Crippen molar-refractivity contribution in [1.82, 2.24) is 0 Å². The molecule has 128 valence electrons. The molecule has 0 spiro atoms. The van der Waals surface area contributed by atoms with Crippen molar-refractivity contribution in [3.05, 3.63) is 54.1 Å². The number of methoxy groups -OCH3 is 1. The maximum Gasteiger partial charge on any atom is 0.265 e. The number of rotatable bonds is 8. The molecule has 1 N–H and O–H groups in total. The molecule has 1 atom stereocenters. The molecule has 0 unspecified atom stereocenters. The fourth-order valence-corrected chi connectivity index (χ4v) is 2.34. The van der Waals surface area contributed by atoms with Gasteiger partial charge in [-0.2, -0.15) is 0 Å². The van der Waals surface area contributed by atoms with Gasteiger partial charge in [-0.15, -0.1) is 0 Å². The highest BCUT2D eigenvalue weighted by molar-refractivity contribution is 5.94. The summed E-state index contributed by atoms with van der Waals surface area (Å²) in [6.07, 6.45) is 2.80. The molecule has 4 nitrogen and oxygen atoms in total. The molecule has 0 heterocycles. The van der Waals surface area contributed by atoms with Crippen LogP contribution in [0.4, 0.5) is 5.69 Å². The summed E-state index contributed by atoms with van der Waals surface area (Å²) in [7, 11) is 1.58. The first-order valence-electron chi connectivity index (χ1n) is 8.33. The largest absolute Gasteiger partial charge is 0.493 e. The molecule has 0 aliphatic rings. The van der Waals surface area contributed by atoms with Crippen LogP contribution >= 0.6 is 0 Å². The first kappa shape index (κ1) is 17.9. The summed E-state index contributed by atoms with van der Waals surface area (Å²) in [6, 6.07) is 15.2. The number of carbonyl (C=O) groups is 1. The van der Waals surface area contributed by atoms with Crippen LogP contribution in [0.3, 0.4) is 0 Å². The Hall–Kier alpha value is -2.49. The van der Waals surface area contributed by atoms with E-state index in [4.69, 9.17) is 9.47 Å². The Kier molecular flexibility index (Phi) is 6.67. The van der Waals surface area contributed by atoms with E-state index in [1.54, 1.807) is 26.2 Å². The molecule has 0 aliphatic carbocycles. The van der Waals surface area contributed by atoms with Crippen molar-refractivity contribution in [2.75, 3.05) is 12.4 Å². The number of aryl methyl sites for hydroxylation is 1. The molecule has 0 radical (unpaired) electrons. The van der Waals surface area contributed by atoms with Crippen molar-refractivity contribution in [3.8, 4) is 11.5 Å². The van der Waals surface area contributed by atoms with Crippen molar-refractivity contribution >= 4 is 11.6 Å². The van der Waals surface area contributed by atoms with E-state index in [0.717, 1.165) is 12.1 Å². The zero-order valence-electron chi connectivity index (χ0n) is 14.5. The van der Waals surface area contributed by atoms with Crippen LogP contribution < -0.4 is 14.8 Å². The third-order valence-corrected chi connectivity index (χ3v) is 3.78. The number of amides is 1. The Bertz CT molecular complexity index is 652. The highest BCUT2D eigenvalue weighted by Crippen LogP contribution is 2.27. The minimum atomic E-state index is -0.624. The lowest BCUT2D eigenvalue weighted by Gasteiger charge is -2.16. The Morgan fingerprint density at radius 2 is 1.75 bits per heavy atom. The van der Waals surface area contributed by atoms with Gasteiger partial charge in [0.25, 0.3) is 5.91 Å². The highest BCUT2D eigenvalue weighted by atomic mass is 16.5. The van der Waals surface area contributed by atoms with Gasteiger partial charge in [0.2, 0.25) is 0 Å². The SMILES string of the molecule is CCCCc1ccc(NC(=O)[C@H](C)Oc2ccccc2OC)cc1. The lowest BCUT2D eigenvalue weighted by molar-refractivity contribution is -0.122. The van der Waals surface area contributed by atoms with Gasteiger partial charge in [0.15, 0.2) is 17.6 Å². The van der Waals surface area contributed by atoms with Crippen molar-refractivity contribution in [3.63, 3.8) is 0 Å². The Morgan fingerprint density at radius 1 is 1.08 bits per heavy atom. The third kappa shape index (κ3) is 5.01. The second-order valence-electron chi connectivity index (χ2n) is 5.70. The van der Waals surface area contributed by atoms with E-state index in [2.05, 4.69) is 24.4 Å². The maximum absolute atomic E-state index is 12.3. The van der Waals surface area contributed by atoms with Gasteiger partial charge in [0.05, 0.1) is 7.11 Å². The summed E-state index contributed by atoms with van der Waals surface area (Å²) in [6.45, 7) is 3.90. The Morgan fingerprint density at radius 3 is 2.38 bits per heavy atom. The van der Waals surface area contributed by atoms with Gasteiger partial charge in [-0.25, -0.2) is 0 Å². The standard InChI is InChI=1S/C20H25NO3/c1-4-5-8-16-11-13-17(14-12-16)21-20(22)15(2)24-19-10-7-6-9-18(19)23-3/h6-7,9-15H,4-5,8H2,1-3H3,(H,21,22)/t15-/m0/s1. The molecular weight excluding hydrogens is 302 g/mol. The van der Waals surface area contributed by atoms with Crippen LogP contribution in [0.2, 0.25) is 0 Å². The van der Waals surface area contributed by atoms with Crippen molar-refractivity contribution < 1.29 is 14.3 Å². The highest BCUT2D eigenvalue weighted by Gasteiger charge is 2.16. The second kappa shape index (κ2) is 8.96. The van der Waals surface area contributed by atoms with E-state index >= 15 is 0 Å². The molecule has 1 amide bonds. The molecule has 2 aromatic carbocycles. The molecular formula is C20H25NO3. The van der Waals surface area contributed by atoms with E-state index in [1.165, 1.54) is 18.4 Å². The monoisotopic (exact) mass is 327 g/mol.